The molecule has 100 valence electrons. The summed E-state index contributed by atoms with van der Waals surface area (Å²) in [4.78, 5) is 2.39. The van der Waals surface area contributed by atoms with E-state index >= 15 is 0 Å². The van der Waals surface area contributed by atoms with Crippen LogP contribution in [0.4, 0.5) is 5.69 Å². The number of anilines is 1. The Labute approximate surface area is 114 Å². The Morgan fingerprint density at radius 3 is 2.67 bits per heavy atom. The van der Waals surface area contributed by atoms with Crippen molar-refractivity contribution in [2.45, 2.75) is 32.4 Å². The fourth-order valence-corrected chi connectivity index (χ4v) is 2.72. The number of aliphatic hydroxyl groups excluding tert-OH is 1. The van der Waals surface area contributed by atoms with Gasteiger partial charge in [0.15, 0.2) is 0 Å². The number of piperidine rings is 1. The van der Waals surface area contributed by atoms with Gasteiger partial charge in [0.1, 0.15) is 0 Å². The van der Waals surface area contributed by atoms with Gasteiger partial charge in [-0.05, 0) is 56.5 Å². The minimum Gasteiger partial charge on any atom is -0.398 e. The van der Waals surface area contributed by atoms with E-state index in [9.17, 15) is 5.11 Å². The largest absolute Gasteiger partial charge is 0.398 e. The van der Waals surface area contributed by atoms with Crippen LogP contribution >= 0.6 is 11.6 Å². The third-order valence-corrected chi connectivity index (χ3v) is 4.05. The van der Waals surface area contributed by atoms with Crippen LogP contribution in [0.5, 0.6) is 0 Å². The van der Waals surface area contributed by atoms with E-state index in [-0.39, 0.29) is 6.10 Å². The molecule has 18 heavy (non-hydrogen) atoms. The minimum absolute atomic E-state index is 0.187. The van der Waals surface area contributed by atoms with Crippen molar-refractivity contribution < 1.29 is 5.11 Å². The van der Waals surface area contributed by atoms with Crippen LogP contribution in [0.15, 0.2) is 18.2 Å². The monoisotopic (exact) mass is 268 g/mol. The van der Waals surface area contributed by atoms with Crippen LogP contribution in [0.2, 0.25) is 5.02 Å². The number of hydrogen-bond donors (Lipinski definition) is 2. The first-order chi connectivity index (χ1) is 8.56. The fraction of sp³-hybridized carbons (Fsp3) is 0.571. The molecule has 0 radical (unpaired) electrons. The zero-order valence-corrected chi connectivity index (χ0v) is 11.5. The molecule has 1 fully saturated rings. The SMILES string of the molecule is CC(O)C1CCN(Cc2ccc(Cl)cc2N)CC1. The highest BCUT2D eigenvalue weighted by Crippen LogP contribution is 2.24. The van der Waals surface area contributed by atoms with E-state index in [1.54, 1.807) is 6.07 Å². The molecule has 3 N–H and O–H groups in total. The van der Waals surface area contributed by atoms with Crippen LogP contribution in [0, 0.1) is 5.92 Å². The number of nitrogens with zero attached hydrogens (tertiary/aromatic N) is 1. The van der Waals surface area contributed by atoms with Crippen molar-refractivity contribution in [3.8, 4) is 0 Å². The molecule has 2 rings (SSSR count). The average Bonchev–Trinajstić information content (AvgIpc) is 2.33. The van der Waals surface area contributed by atoms with Crippen molar-refractivity contribution in [1.82, 2.24) is 4.90 Å². The summed E-state index contributed by atoms with van der Waals surface area (Å²) in [5.74, 6) is 0.448. The first kappa shape index (κ1) is 13.7. The number of likely N-dealkylation sites (tertiary alicyclic amines) is 1. The van der Waals surface area contributed by atoms with Gasteiger partial charge in [0.25, 0.3) is 0 Å². The van der Waals surface area contributed by atoms with Gasteiger partial charge >= 0.3 is 0 Å². The van der Waals surface area contributed by atoms with E-state index in [0.717, 1.165) is 43.7 Å². The maximum absolute atomic E-state index is 9.57. The molecule has 1 aromatic carbocycles. The molecule has 1 heterocycles. The minimum atomic E-state index is -0.187. The first-order valence-electron chi connectivity index (χ1n) is 6.50. The lowest BCUT2D eigenvalue weighted by atomic mass is 9.92. The number of halogens is 1. The normalized spacial score (nSPS) is 19.9. The molecule has 0 amide bonds. The van der Waals surface area contributed by atoms with E-state index in [2.05, 4.69) is 4.90 Å². The van der Waals surface area contributed by atoms with E-state index in [1.807, 2.05) is 19.1 Å². The number of aliphatic hydroxyl groups is 1. The van der Waals surface area contributed by atoms with E-state index in [1.165, 1.54) is 0 Å². The molecule has 0 aromatic heterocycles. The second-order valence-corrected chi connectivity index (χ2v) is 5.63. The topological polar surface area (TPSA) is 49.5 Å². The van der Waals surface area contributed by atoms with E-state index in [4.69, 9.17) is 17.3 Å². The average molecular weight is 269 g/mol. The predicted octanol–water partition coefficient (Wildman–Crippen LogP) is 2.52. The maximum Gasteiger partial charge on any atom is 0.0541 e. The van der Waals surface area contributed by atoms with Crippen LogP contribution in [-0.4, -0.2) is 29.2 Å². The molecule has 1 aliphatic heterocycles. The van der Waals surface area contributed by atoms with Gasteiger partial charge in [0.05, 0.1) is 6.10 Å². The summed E-state index contributed by atoms with van der Waals surface area (Å²) in [5.41, 5.74) is 7.86. The second-order valence-electron chi connectivity index (χ2n) is 5.20. The van der Waals surface area contributed by atoms with E-state index in [0.29, 0.717) is 10.9 Å². The highest BCUT2D eigenvalue weighted by atomic mass is 35.5. The van der Waals surface area contributed by atoms with E-state index < -0.39 is 0 Å². The van der Waals surface area contributed by atoms with Crippen LogP contribution < -0.4 is 5.73 Å². The highest BCUT2D eigenvalue weighted by Gasteiger charge is 2.22. The smallest absolute Gasteiger partial charge is 0.0541 e. The van der Waals surface area contributed by atoms with Gasteiger partial charge in [-0.3, -0.25) is 4.90 Å². The summed E-state index contributed by atoms with van der Waals surface area (Å²) in [6.07, 6.45) is 1.93. The number of hydrogen-bond acceptors (Lipinski definition) is 3. The summed E-state index contributed by atoms with van der Waals surface area (Å²) in [5, 5.41) is 10.3. The molecule has 1 atom stereocenters. The Morgan fingerprint density at radius 2 is 2.11 bits per heavy atom. The quantitative estimate of drug-likeness (QED) is 0.829. The van der Waals surface area contributed by atoms with Crippen molar-refractivity contribution in [1.29, 1.82) is 0 Å². The molecule has 0 saturated carbocycles. The summed E-state index contributed by atoms with van der Waals surface area (Å²) in [6, 6.07) is 5.69. The van der Waals surface area contributed by atoms with Crippen LogP contribution in [0.3, 0.4) is 0 Å². The Bertz CT molecular complexity index is 401. The molecule has 4 heteroatoms. The molecular weight excluding hydrogens is 248 g/mol. The van der Waals surface area contributed by atoms with Gasteiger partial charge < -0.3 is 10.8 Å². The fourth-order valence-electron chi connectivity index (χ4n) is 2.54. The summed E-state index contributed by atoms with van der Waals surface area (Å²) >= 11 is 5.89. The van der Waals surface area contributed by atoms with Crippen molar-refractivity contribution in [2.75, 3.05) is 18.8 Å². The zero-order valence-electron chi connectivity index (χ0n) is 10.8. The Morgan fingerprint density at radius 1 is 1.44 bits per heavy atom. The zero-order chi connectivity index (χ0) is 13.1. The van der Waals surface area contributed by atoms with Crippen molar-refractivity contribution in [3.05, 3.63) is 28.8 Å². The molecular formula is C14H21ClN2O. The highest BCUT2D eigenvalue weighted by molar-refractivity contribution is 6.30. The van der Waals surface area contributed by atoms with Crippen LogP contribution in [0.25, 0.3) is 0 Å². The standard InChI is InChI=1S/C14H21ClN2O/c1-10(18)11-4-6-17(7-5-11)9-12-2-3-13(15)8-14(12)16/h2-3,8,10-11,18H,4-7,9,16H2,1H3. The summed E-state index contributed by atoms with van der Waals surface area (Å²) in [7, 11) is 0. The third kappa shape index (κ3) is 3.37. The molecule has 1 aromatic rings. The molecule has 3 nitrogen and oxygen atoms in total. The molecule has 0 bridgehead atoms. The molecule has 1 unspecified atom stereocenters. The molecule has 0 aliphatic carbocycles. The number of nitrogen functional groups attached to an aromatic ring is 1. The van der Waals surface area contributed by atoms with Gasteiger partial charge in [0, 0.05) is 17.3 Å². The predicted molar refractivity (Wildman–Crippen MR) is 75.5 cm³/mol. The van der Waals surface area contributed by atoms with Gasteiger partial charge in [0.2, 0.25) is 0 Å². The summed E-state index contributed by atoms with van der Waals surface area (Å²) in [6.45, 7) is 4.81. The van der Waals surface area contributed by atoms with Gasteiger partial charge in [-0.1, -0.05) is 17.7 Å². The van der Waals surface area contributed by atoms with Gasteiger partial charge in [-0.15, -0.1) is 0 Å². The van der Waals surface area contributed by atoms with Crippen LogP contribution in [0.1, 0.15) is 25.3 Å². The van der Waals surface area contributed by atoms with Crippen LogP contribution in [-0.2, 0) is 6.54 Å². The Balaban J connectivity index is 1.91. The van der Waals surface area contributed by atoms with Gasteiger partial charge in [-0.25, -0.2) is 0 Å². The number of nitrogens with two attached hydrogens (primary N) is 1. The molecule has 1 saturated heterocycles. The van der Waals surface area contributed by atoms with Crippen molar-refractivity contribution in [2.24, 2.45) is 5.92 Å². The Hall–Kier alpha value is -0.770. The molecule has 0 spiro atoms. The lowest BCUT2D eigenvalue weighted by Crippen LogP contribution is -2.36. The number of benzene rings is 1. The maximum atomic E-state index is 9.57. The number of rotatable bonds is 3. The molecule has 1 aliphatic rings. The summed E-state index contributed by atoms with van der Waals surface area (Å²) < 4.78 is 0. The lowest BCUT2D eigenvalue weighted by Gasteiger charge is -2.33. The van der Waals surface area contributed by atoms with Gasteiger partial charge in [-0.2, -0.15) is 0 Å². The third-order valence-electron chi connectivity index (χ3n) is 3.82. The van der Waals surface area contributed by atoms with Crippen molar-refractivity contribution >= 4 is 17.3 Å². The lowest BCUT2D eigenvalue weighted by molar-refractivity contribution is 0.0696. The van der Waals surface area contributed by atoms with Crippen molar-refractivity contribution in [3.63, 3.8) is 0 Å². The first-order valence-corrected chi connectivity index (χ1v) is 6.88. The second kappa shape index (κ2) is 5.91. The Kier molecular flexibility index (Phi) is 4.49.